The Morgan fingerprint density at radius 1 is 1.07 bits per heavy atom. The molecule has 0 atom stereocenters. The van der Waals surface area contributed by atoms with Gasteiger partial charge in [-0.25, -0.2) is 17.2 Å². The highest BCUT2D eigenvalue weighted by atomic mass is 32.2. The predicted octanol–water partition coefficient (Wildman–Crippen LogP) is 3.76. The first-order valence-electron chi connectivity index (χ1n) is 9.48. The van der Waals surface area contributed by atoms with E-state index in [4.69, 9.17) is 4.74 Å². The Morgan fingerprint density at radius 3 is 2.67 bits per heavy atom. The van der Waals surface area contributed by atoms with Gasteiger partial charge >= 0.3 is 0 Å². The molecule has 4 rings (SSSR count). The molecule has 7 nitrogen and oxygen atoms in total. The average molecular weight is 434 g/mol. The van der Waals surface area contributed by atoms with Crippen molar-refractivity contribution in [1.29, 1.82) is 0 Å². The highest BCUT2D eigenvalue weighted by Crippen LogP contribution is 2.31. The van der Waals surface area contributed by atoms with Crippen molar-refractivity contribution in [2.75, 3.05) is 11.8 Å². The summed E-state index contributed by atoms with van der Waals surface area (Å²) in [5.41, 5.74) is -0.405. The zero-order chi connectivity index (χ0) is 21.3. The lowest BCUT2D eigenvalue weighted by atomic mass is 10.1. The minimum atomic E-state index is -4.18. The molecule has 10 heteroatoms. The molecule has 1 aliphatic rings. The van der Waals surface area contributed by atoms with E-state index >= 15 is 0 Å². The number of ether oxygens (including phenoxy) is 1. The predicted molar refractivity (Wildman–Crippen MR) is 107 cm³/mol. The summed E-state index contributed by atoms with van der Waals surface area (Å²) in [6.07, 6.45) is 3.61. The molecule has 1 N–H and O–H groups in total. The number of hydrogen-bond donors (Lipinski definition) is 1. The molecule has 158 valence electrons. The van der Waals surface area contributed by atoms with Crippen LogP contribution in [0.3, 0.4) is 0 Å². The van der Waals surface area contributed by atoms with E-state index in [-0.39, 0.29) is 27.7 Å². The summed E-state index contributed by atoms with van der Waals surface area (Å²) in [5.74, 6) is -0.780. The Labute approximate surface area is 172 Å². The van der Waals surface area contributed by atoms with Gasteiger partial charge in [0.15, 0.2) is 5.82 Å². The topological polar surface area (TPSA) is 86.1 Å². The maximum atomic E-state index is 14.6. The van der Waals surface area contributed by atoms with Crippen LogP contribution in [0.25, 0.3) is 11.4 Å². The van der Waals surface area contributed by atoms with E-state index in [0.29, 0.717) is 12.6 Å². The number of aromatic nitrogens is 3. The third-order valence-electron chi connectivity index (χ3n) is 5.01. The van der Waals surface area contributed by atoms with E-state index in [1.54, 1.807) is 6.07 Å². The molecule has 2 aromatic carbocycles. The van der Waals surface area contributed by atoms with Gasteiger partial charge in [0.05, 0.1) is 18.4 Å². The third-order valence-corrected chi connectivity index (χ3v) is 6.41. The van der Waals surface area contributed by atoms with Gasteiger partial charge < -0.3 is 9.30 Å². The van der Waals surface area contributed by atoms with Crippen LogP contribution in [0.1, 0.15) is 25.1 Å². The summed E-state index contributed by atoms with van der Waals surface area (Å²) in [6, 6.07) is 7.71. The Bertz CT molecular complexity index is 1190. The van der Waals surface area contributed by atoms with Crippen LogP contribution in [0.4, 0.5) is 14.5 Å². The van der Waals surface area contributed by atoms with Gasteiger partial charge in [0, 0.05) is 19.0 Å². The van der Waals surface area contributed by atoms with Crippen LogP contribution in [0.5, 0.6) is 5.75 Å². The summed E-state index contributed by atoms with van der Waals surface area (Å²) in [6.45, 7) is 0.622. The van der Waals surface area contributed by atoms with Crippen molar-refractivity contribution in [2.24, 2.45) is 0 Å². The number of aryl methyl sites for hydroxylation is 1. The van der Waals surface area contributed by atoms with Crippen LogP contribution in [-0.4, -0.2) is 30.3 Å². The lowest BCUT2D eigenvalue weighted by Crippen LogP contribution is -2.15. The van der Waals surface area contributed by atoms with Gasteiger partial charge in [-0.2, -0.15) is 0 Å². The molecule has 1 aliphatic heterocycles. The second kappa shape index (κ2) is 8.02. The summed E-state index contributed by atoms with van der Waals surface area (Å²) < 4.78 is 63.8. The monoisotopic (exact) mass is 434 g/mol. The Hall–Kier alpha value is -3.01. The number of nitrogens with one attached hydrogen (secondary N) is 1. The molecule has 0 saturated heterocycles. The highest BCUT2D eigenvalue weighted by Gasteiger charge is 2.24. The van der Waals surface area contributed by atoms with Gasteiger partial charge in [-0.3, -0.25) is 4.72 Å². The van der Waals surface area contributed by atoms with Gasteiger partial charge in [0.1, 0.15) is 28.1 Å². The number of para-hydroxylation sites is 1. The first kappa shape index (κ1) is 20.3. The summed E-state index contributed by atoms with van der Waals surface area (Å²) in [4.78, 5) is -0.158. The van der Waals surface area contributed by atoms with Crippen molar-refractivity contribution >= 4 is 15.7 Å². The third kappa shape index (κ3) is 3.74. The standard InChI is InChI=1S/C20H20F2N4O3S/c1-29-17-7-4-5-8-18(17)30(27,28)25-16-11-13(14(21)12-15(16)22)20-24-23-19-9-3-2-6-10-26(19)20/h4-5,7-8,11-12,25H,2-3,6,9-10H2,1H3. The van der Waals surface area contributed by atoms with Crippen LogP contribution in [0.15, 0.2) is 41.3 Å². The molecule has 1 aromatic heterocycles. The molecule has 2 heterocycles. The maximum absolute atomic E-state index is 14.6. The highest BCUT2D eigenvalue weighted by molar-refractivity contribution is 7.92. The van der Waals surface area contributed by atoms with Gasteiger partial charge in [-0.05, 0) is 31.0 Å². The molecule has 0 radical (unpaired) electrons. The lowest BCUT2D eigenvalue weighted by Gasteiger charge is -2.14. The van der Waals surface area contributed by atoms with E-state index in [1.807, 2.05) is 4.57 Å². The Balaban J connectivity index is 1.75. The van der Waals surface area contributed by atoms with Crippen molar-refractivity contribution in [3.05, 3.63) is 53.9 Å². The fourth-order valence-corrected chi connectivity index (χ4v) is 4.75. The van der Waals surface area contributed by atoms with Crippen molar-refractivity contribution in [1.82, 2.24) is 14.8 Å². The lowest BCUT2D eigenvalue weighted by molar-refractivity contribution is 0.403. The van der Waals surface area contributed by atoms with E-state index in [2.05, 4.69) is 14.9 Å². The van der Waals surface area contributed by atoms with E-state index in [0.717, 1.165) is 37.6 Å². The molecule has 0 aliphatic carbocycles. The first-order valence-corrected chi connectivity index (χ1v) is 11.0. The zero-order valence-corrected chi connectivity index (χ0v) is 17.0. The normalized spacial score (nSPS) is 14.1. The fraction of sp³-hybridized carbons (Fsp3) is 0.300. The molecule has 0 bridgehead atoms. The molecule has 0 fully saturated rings. The van der Waals surface area contributed by atoms with E-state index < -0.39 is 21.7 Å². The summed E-state index contributed by atoms with van der Waals surface area (Å²) in [7, 11) is -2.85. The van der Waals surface area contributed by atoms with Crippen molar-refractivity contribution in [3.63, 3.8) is 0 Å². The van der Waals surface area contributed by atoms with Gasteiger partial charge in [0.25, 0.3) is 10.0 Å². The number of sulfonamides is 1. The quantitative estimate of drug-likeness (QED) is 0.661. The smallest absolute Gasteiger partial charge is 0.265 e. The number of hydrogen-bond acceptors (Lipinski definition) is 5. The number of fused-ring (bicyclic) bond motifs is 1. The number of methoxy groups -OCH3 is 1. The fourth-order valence-electron chi connectivity index (χ4n) is 3.52. The number of anilines is 1. The minimum absolute atomic E-state index is 0.0187. The maximum Gasteiger partial charge on any atom is 0.265 e. The van der Waals surface area contributed by atoms with Gasteiger partial charge in [0.2, 0.25) is 0 Å². The van der Waals surface area contributed by atoms with Crippen LogP contribution in [0, 0.1) is 11.6 Å². The zero-order valence-electron chi connectivity index (χ0n) is 16.2. The van der Waals surface area contributed by atoms with Crippen molar-refractivity contribution in [3.8, 4) is 17.1 Å². The molecule has 0 amide bonds. The number of benzene rings is 2. The van der Waals surface area contributed by atoms with Gasteiger partial charge in [-0.1, -0.05) is 18.6 Å². The van der Waals surface area contributed by atoms with Crippen LogP contribution in [0.2, 0.25) is 0 Å². The Morgan fingerprint density at radius 2 is 1.87 bits per heavy atom. The molecular formula is C20H20F2N4O3S. The molecule has 30 heavy (non-hydrogen) atoms. The van der Waals surface area contributed by atoms with Crippen LogP contribution < -0.4 is 9.46 Å². The van der Waals surface area contributed by atoms with Crippen LogP contribution >= 0.6 is 0 Å². The molecule has 0 saturated carbocycles. The first-order chi connectivity index (χ1) is 14.4. The Kier molecular flexibility index (Phi) is 5.42. The van der Waals surface area contributed by atoms with Crippen molar-refractivity contribution < 1.29 is 21.9 Å². The number of nitrogens with zero attached hydrogens (tertiary/aromatic N) is 3. The SMILES string of the molecule is COc1ccccc1S(=O)(=O)Nc1cc(-c2nnc3n2CCCCC3)c(F)cc1F. The second-order valence-corrected chi connectivity index (χ2v) is 8.62. The minimum Gasteiger partial charge on any atom is -0.495 e. The van der Waals surface area contributed by atoms with E-state index in [9.17, 15) is 17.2 Å². The van der Waals surface area contributed by atoms with Crippen molar-refractivity contribution in [2.45, 2.75) is 37.1 Å². The van der Waals surface area contributed by atoms with Crippen LogP contribution in [-0.2, 0) is 23.0 Å². The summed E-state index contributed by atoms with van der Waals surface area (Å²) >= 11 is 0. The number of halogens is 2. The molecule has 0 spiro atoms. The van der Waals surface area contributed by atoms with E-state index in [1.165, 1.54) is 25.3 Å². The van der Waals surface area contributed by atoms with Gasteiger partial charge in [-0.15, -0.1) is 10.2 Å². The molecular weight excluding hydrogens is 414 g/mol. The molecule has 0 unspecified atom stereocenters. The average Bonchev–Trinajstić information content (AvgIpc) is 2.97. The second-order valence-electron chi connectivity index (χ2n) is 6.97. The summed E-state index contributed by atoms with van der Waals surface area (Å²) in [5, 5.41) is 8.21. The molecule has 3 aromatic rings. The number of rotatable bonds is 5. The largest absolute Gasteiger partial charge is 0.495 e.